The molecule has 7 nitrogen and oxygen atoms in total. The number of hydrogen-bond acceptors (Lipinski definition) is 6. The maximum atomic E-state index is 6.43. The number of anilines is 1. The summed E-state index contributed by atoms with van der Waals surface area (Å²) in [7, 11) is 0. The standard InChI is InChI=1S/C26H28ClN5O2/c1-14-18-8-9-32(25(18)30-13-29-14)21-12-17(22-23(21)34-26(2,3)33-22)7-5-15-4-6-16-11-19(27)24(28)31-20(16)10-15/h4,6,8-11,13,17,21-23H,5,7,12H2,1-3H3,(H2,28,31)/t17-,21+,22+,23-/m0/s1. The van der Waals surface area contributed by atoms with E-state index in [0.717, 1.165) is 46.9 Å². The SMILES string of the molecule is Cc1ncnc2c1ccn2[C@@H]1C[C@H](CCc2ccc3cc(Cl)c(N)nc3c2)[C@H]2OC(C)(C)O[C@H]21. The van der Waals surface area contributed by atoms with Crippen molar-refractivity contribution < 1.29 is 9.47 Å². The lowest BCUT2D eigenvalue weighted by molar-refractivity contribution is -0.160. The summed E-state index contributed by atoms with van der Waals surface area (Å²) >= 11 is 6.13. The summed E-state index contributed by atoms with van der Waals surface area (Å²) in [5.41, 5.74) is 9.97. The summed E-state index contributed by atoms with van der Waals surface area (Å²) in [6.07, 6.45) is 6.71. The van der Waals surface area contributed by atoms with Gasteiger partial charge in [0.05, 0.1) is 28.4 Å². The average molecular weight is 478 g/mol. The number of halogens is 1. The van der Waals surface area contributed by atoms with Crippen molar-refractivity contribution in [3.05, 3.63) is 59.1 Å². The first-order chi connectivity index (χ1) is 16.3. The van der Waals surface area contributed by atoms with E-state index in [2.05, 4.69) is 50.0 Å². The number of benzene rings is 1. The molecule has 1 aliphatic heterocycles. The van der Waals surface area contributed by atoms with Crippen LogP contribution in [0.4, 0.5) is 5.82 Å². The van der Waals surface area contributed by atoms with Gasteiger partial charge < -0.3 is 19.8 Å². The first-order valence-electron chi connectivity index (χ1n) is 11.8. The Morgan fingerprint density at radius 2 is 1.97 bits per heavy atom. The number of nitrogens with zero attached hydrogens (tertiary/aromatic N) is 4. The smallest absolute Gasteiger partial charge is 0.163 e. The highest BCUT2D eigenvalue weighted by Crippen LogP contribution is 2.49. The van der Waals surface area contributed by atoms with E-state index in [1.165, 1.54) is 5.56 Å². The molecule has 2 aliphatic rings. The number of fused-ring (bicyclic) bond motifs is 3. The summed E-state index contributed by atoms with van der Waals surface area (Å²) in [6.45, 7) is 6.03. The van der Waals surface area contributed by atoms with Gasteiger partial charge in [-0.1, -0.05) is 23.7 Å². The molecule has 3 aromatic heterocycles. The third-order valence-corrected chi connectivity index (χ3v) is 7.59. The van der Waals surface area contributed by atoms with Crippen molar-refractivity contribution >= 4 is 39.4 Å². The Balaban J connectivity index is 1.27. The van der Waals surface area contributed by atoms with Crippen LogP contribution in [-0.4, -0.2) is 37.5 Å². The van der Waals surface area contributed by atoms with E-state index in [9.17, 15) is 0 Å². The predicted octanol–water partition coefficient (Wildman–Crippen LogP) is 5.24. The lowest BCUT2D eigenvalue weighted by Crippen LogP contribution is -2.27. The third-order valence-electron chi connectivity index (χ3n) is 7.28. The molecule has 1 saturated carbocycles. The van der Waals surface area contributed by atoms with Gasteiger partial charge in [-0.3, -0.25) is 0 Å². The van der Waals surface area contributed by atoms with E-state index in [1.807, 2.05) is 26.8 Å². The monoisotopic (exact) mass is 477 g/mol. The Labute approximate surface area is 203 Å². The third kappa shape index (κ3) is 3.63. The van der Waals surface area contributed by atoms with Crippen LogP contribution in [0.25, 0.3) is 21.9 Å². The molecule has 1 aromatic carbocycles. The highest BCUT2D eigenvalue weighted by atomic mass is 35.5. The lowest BCUT2D eigenvalue weighted by atomic mass is 9.95. The predicted molar refractivity (Wildman–Crippen MR) is 133 cm³/mol. The molecular weight excluding hydrogens is 450 g/mol. The van der Waals surface area contributed by atoms with Crippen LogP contribution < -0.4 is 5.73 Å². The van der Waals surface area contributed by atoms with Crippen molar-refractivity contribution in [3.63, 3.8) is 0 Å². The molecule has 8 heteroatoms. The molecule has 1 saturated heterocycles. The Kier molecular flexibility index (Phi) is 5.06. The first-order valence-corrected chi connectivity index (χ1v) is 12.2. The molecule has 0 bridgehead atoms. The van der Waals surface area contributed by atoms with E-state index in [-0.39, 0.29) is 18.2 Å². The zero-order chi connectivity index (χ0) is 23.6. The van der Waals surface area contributed by atoms with E-state index in [1.54, 1.807) is 6.33 Å². The number of aromatic nitrogens is 4. The fraction of sp³-hybridized carbons (Fsp3) is 0.423. The fourth-order valence-electron chi connectivity index (χ4n) is 5.69. The van der Waals surface area contributed by atoms with E-state index in [0.29, 0.717) is 16.8 Å². The van der Waals surface area contributed by atoms with Gasteiger partial charge in [0.2, 0.25) is 0 Å². The van der Waals surface area contributed by atoms with Gasteiger partial charge in [0.1, 0.15) is 23.9 Å². The van der Waals surface area contributed by atoms with Gasteiger partial charge in [0.15, 0.2) is 5.79 Å². The summed E-state index contributed by atoms with van der Waals surface area (Å²) in [5.74, 6) is 0.143. The number of rotatable bonds is 4. The maximum Gasteiger partial charge on any atom is 0.163 e. The van der Waals surface area contributed by atoms with Gasteiger partial charge in [0, 0.05) is 17.0 Å². The van der Waals surface area contributed by atoms with Crippen molar-refractivity contribution in [2.24, 2.45) is 5.92 Å². The van der Waals surface area contributed by atoms with Crippen LogP contribution in [-0.2, 0) is 15.9 Å². The quantitative estimate of drug-likeness (QED) is 0.432. The van der Waals surface area contributed by atoms with Gasteiger partial charge >= 0.3 is 0 Å². The van der Waals surface area contributed by atoms with Crippen molar-refractivity contribution in [2.75, 3.05) is 5.73 Å². The van der Waals surface area contributed by atoms with Crippen LogP contribution in [0, 0.1) is 12.8 Å². The fourth-order valence-corrected chi connectivity index (χ4v) is 5.85. The van der Waals surface area contributed by atoms with Crippen LogP contribution >= 0.6 is 11.6 Å². The summed E-state index contributed by atoms with van der Waals surface area (Å²) in [6, 6.07) is 10.5. The molecule has 0 radical (unpaired) electrons. The van der Waals surface area contributed by atoms with Crippen molar-refractivity contribution in [3.8, 4) is 0 Å². The van der Waals surface area contributed by atoms with Gasteiger partial charge in [-0.2, -0.15) is 0 Å². The molecule has 4 atom stereocenters. The van der Waals surface area contributed by atoms with Crippen molar-refractivity contribution in [2.45, 2.75) is 64.1 Å². The van der Waals surface area contributed by atoms with Crippen molar-refractivity contribution in [1.29, 1.82) is 0 Å². The largest absolute Gasteiger partial charge is 0.382 e. The Hall–Kier alpha value is -2.74. The van der Waals surface area contributed by atoms with Crippen LogP contribution in [0.5, 0.6) is 0 Å². The normalized spacial score (nSPS) is 25.9. The highest BCUT2D eigenvalue weighted by Gasteiger charge is 2.54. The molecule has 176 valence electrons. The Morgan fingerprint density at radius 1 is 1.15 bits per heavy atom. The molecular formula is C26H28ClN5O2. The Morgan fingerprint density at radius 3 is 2.82 bits per heavy atom. The minimum Gasteiger partial charge on any atom is -0.382 e. The lowest BCUT2D eigenvalue weighted by Gasteiger charge is -2.24. The molecule has 0 amide bonds. The highest BCUT2D eigenvalue weighted by molar-refractivity contribution is 6.33. The van der Waals surface area contributed by atoms with E-state index < -0.39 is 5.79 Å². The second-order valence-electron chi connectivity index (χ2n) is 9.97. The number of nitrogens with two attached hydrogens (primary N) is 1. The second-order valence-corrected chi connectivity index (χ2v) is 10.4. The molecule has 2 N–H and O–H groups in total. The van der Waals surface area contributed by atoms with Crippen LogP contribution in [0.1, 0.15) is 44.0 Å². The van der Waals surface area contributed by atoms with Gasteiger partial charge in [-0.15, -0.1) is 0 Å². The van der Waals surface area contributed by atoms with Gasteiger partial charge in [0.25, 0.3) is 0 Å². The van der Waals surface area contributed by atoms with Crippen LogP contribution in [0.2, 0.25) is 5.02 Å². The van der Waals surface area contributed by atoms with E-state index >= 15 is 0 Å². The zero-order valence-electron chi connectivity index (χ0n) is 19.5. The molecule has 0 spiro atoms. The number of nitrogen functional groups attached to an aromatic ring is 1. The van der Waals surface area contributed by atoms with Crippen molar-refractivity contribution in [1.82, 2.24) is 19.5 Å². The van der Waals surface area contributed by atoms with Crippen LogP contribution in [0.3, 0.4) is 0 Å². The summed E-state index contributed by atoms with van der Waals surface area (Å²) < 4.78 is 15.1. The van der Waals surface area contributed by atoms with Crippen LogP contribution in [0.15, 0.2) is 42.9 Å². The molecule has 4 aromatic rings. The number of hydrogen-bond donors (Lipinski definition) is 1. The number of aryl methyl sites for hydroxylation is 2. The average Bonchev–Trinajstić information content (AvgIpc) is 3.45. The summed E-state index contributed by atoms with van der Waals surface area (Å²) in [5, 5.41) is 2.57. The van der Waals surface area contributed by atoms with Gasteiger partial charge in [-0.25, -0.2) is 15.0 Å². The molecule has 1 aliphatic carbocycles. The first kappa shape index (κ1) is 21.8. The molecule has 6 rings (SSSR count). The van der Waals surface area contributed by atoms with Gasteiger partial charge in [-0.05, 0) is 69.7 Å². The maximum absolute atomic E-state index is 6.43. The Bertz CT molecular complexity index is 1400. The topological polar surface area (TPSA) is 88.1 Å². The second kappa shape index (κ2) is 7.90. The molecule has 34 heavy (non-hydrogen) atoms. The van der Waals surface area contributed by atoms with E-state index in [4.69, 9.17) is 26.8 Å². The molecule has 0 unspecified atom stereocenters. The minimum absolute atomic E-state index is 0.00826. The minimum atomic E-state index is -0.593. The summed E-state index contributed by atoms with van der Waals surface area (Å²) in [4.78, 5) is 13.4. The number of pyridine rings is 1. The molecule has 4 heterocycles. The zero-order valence-corrected chi connectivity index (χ0v) is 20.3. The molecule has 2 fully saturated rings. The number of ether oxygens (including phenoxy) is 2.